The first-order chi connectivity index (χ1) is 4.27. The van der Waals surface area contributed by atoms with E-state index in [1.165, 1.54) is 0 Å². The number of rotatable bonds is 5. The lowest BCUT2D eigenvalue weighted by molar-refractivity contribution is 0.176. The van der Waals surface area contributed by atoms with Crippen molar-refractivity contribution in [3.8, 4) is 0 Å². The molecule has 0 spiro atoms. The molecule has 0 aliphatic heterocycles. The molecule has 0 aliphatic rings. The summed E-state index contributed by atoms with van der Waals surface area (Å²) in [5, 5.41) is 21.5. The zero-order chi connectivity index (χ0) is 7.11. The highest BCUT2D eigenvalue weighted by Gasteiger charge is 1.91. The molecule has 0 saturated carbocycles. The Morgan fingerprint density at radius 2 is 2.33 bits per heavy atom. The molecule has 3 heteroatoms. The summed E-state index contributed by atoms with van der Waals surface area (Å²) in [5.41, 5.74) is 0. The fraction of sp³-hybridized carbons (Fsp3) is 1.00. The molecule has 0 bridgehead atoms. The van der Waals surface area contributed by atoms with Crippen LogP contribution in [0.5, 0.6) is 0 Å². The van der Waals surface area contributed by atoms with Crippen LogP contribution in [0.25, 0.3) is 0 Å². The number of nitrogens with one attached hydrogen (secondary N) is 1. The van der Waals surface area contributed by atoms with Crippen molar-refractivity contribution in [2.45, 2.75) is 19.4 Å². The van der Waals surface area contributed by atoms with E-state index in [9.17, 15) is 5.11 Å². The summed E-state index contributed by atoms with van der Waals surface area (Å²) in [4.78, 5) is 0. The van der Waals surface area contributed by atoms with Gasteiger partial charge in [0.15, 0.2) is 0 Å². The molecule has 9 heavy (non-hydrogen) atoms. The molecule has 0 amide bonds. The summed E-state index contributed by atoms with van der Waals surface area (Å²) in [7, 11) is 0. The number of aliphatic hydroxyl groups is 1. The third-order valence-corrected chi connectivity index (χ3v) is 0.938. The predicted octanol–water partition coefficient (Wildman–Crippen LogP) is -0.223. The van der Waals surface area contributed by atoms with E-state index in [-0.39, 0.29) is 12.7 Å². The molecule has 1 radical (unpaired) electrons. The molecule has 0 aromatic carbocycles. The van der Waals surface area contributed by atoms with Gasteiger partial charge >= 0.3 is 0 Å². The Morgan fingerprint density at radius 3 is 2.78 bits per heavy atom. The van der Waals surface area contributed by atoms with Gasteiger partial charge in [0.2, 0.25) is 0 Å². The van der Waals surface area contributed by atoms with Crippen molar-refractivity contribution in [1.82, 2.24) is 5.32 Å². The second-order valence-electron chi connectivity index (χ2n) is 2.11. The molecule has 0 saturated heterocycles. The van der Waals surface area contributed by atoms with Gasteiger partial charge in [0, 0.05) is 6.54 Å². The predicted molar refractivity (Wildman–Crippen MR) is 34.7 cm³/mol. The van der Waals surface area contributed by atoms with Crippen molar-refractivity contribution in [1.29, 1.82) is 0 Å². The summed E-state index contributed by atoms with van der Waals surface area (Å²) in [5.74, 6) is 0. The Bertz CT molecular complexity index is 57.0. The minimum Gasteiger partial charge on any atom is -0.392 e. The monoisotopic (exact) mass is 132 g/mol. The molecule has 0 fully saturated rings. The fourth-order valence-electron chi connectivity index (χ4n) is 0.508. The standard InChI is InChI=1S/C6H14NO2/c1-6(9)5-7-3-2-4-8/h6-7,9H,2-5H2,1H3/t6-/m1/s1. The first kappa shape index (κ1) is 8.88. The molecule has 55 valence electrons. The SMILES string of the molecule is C[C@@H](O)CNCCC[O]. The summed E-state index contributed by atoms with van der Waals surface area (Å²) < 4.78 is 0. The molecule has 1 atom stereocenters. The number of hydrogen-bond donors (Lipinski definition) is 2. The maximum absolute atomic E-state index is 9.87. The molecular weight excluding hydrogens is 118 g/mol. The molecule has 0 rings (SSSR count). The molecular formula is C6H14NO2. The van der Waals surface area contributed by atoms with Gasteiger partial charge in [-0.25, -0.2) is 5.11 Å². The third kappa shape index (κ3) is 7.88. The van der Waals surface area contributed by atoms with Gasteiger partial charge in [-0.2, -0.15) is 0 Å². The van der Waals surface area contributed by atoms with Crippen LogP contribution < -0.4 is 5.32 Å². The van der Waals surface area contributed by atoms with E-state index in [0.29, 0.717) is 19.5 Å². The number of hydrogen-bond acceptors (Lipinski definition) is 2. The Hall–Kier alpha value is -0.120. The summed E-state index contributed by atoms with van der Waals surface area (Å²) in [6, 6.07) is 0. The molecule has 0 unspecified atom stereocenters. The van der Waals surface area contributed by atoms with Crippen LogP contribution in [-0.2, 0) is 5.11 Å². The lowest BCUT2D eigenvalue weighted by Crippen LogP contribution is -2.25. The Kier molecular flexibility index (Phi) is 5.93. The van der Waals surface area contributed by atoms with Gasteiger partial charge in [0.25, 0.3) is 0 Å². The lowest BCUT2D eigenvalue weighted by Gasteiger charge is -2.03. The third-order valence-electron chi connectivity index (χ3n) is 0.938. The summed E-state index contributed by atoms with van der Waals surface area (Å²) in [6.07, 6.45) is 0.337. The normalized spacial score (nSPS) is 13.7. The zero-order valence-corrected chi connectivity index (χ0v) is 5.76. The number of aliphatic hydroxyl groups excluding tert-OH is 1. The van der Waals surface area contributed by atoms with Gasteiger partial charge in [-0.15, -0.1) is 0 Å². The van der Waals surface area contributed by atoms with E-state index < -0.39 is 0 Å². The molecule has 2 N–H and O–H groups in total. The maximum Gasteiger partial charge on any atom is 0.0834 e. The highest BCUT2D eigenvalue weighted by molar-refractivity contribution is 4.51. The van der Waals surface area contributed by atoms with Crippen LogP contribution in [0.2, 0.25) is 0 Å². The first-order valence-corrected chi connectivity index (χ1v) is 3.24. The van der Waals surface area contributed by atoms with Gasteiger partial charge < -0.3 is 10.4 Å². The molecule has 0 heterocycles. The second-order valence-corrected chi connectivity index (χ2v) is 2.11. The van der Waals surface area contributed by atoms with Crippen LogP contribution in [0.3, 0.4) is 0 Å². The first-order valence-electron chi connectivity index (χ1n) is 3.24. The van der Waals surface area contributed by atoms with Crippen molar-refractivity contribution in [2.24, 2.45) is 0 Å². The second kappa shape index (κ2) is 6.01. The van der Waals surface area contributed by atoms with Gasteiger partial charge in [-0.1, -0.05) is 0 Å². The van der Waals surface area contributed by atoms with Crippen molar-refractivity contribution < 1.29 is 10.2 Å². The Morgan fingerprint density at radius 1 is 1.67 bits per heavy atom. The van der Waals surface area contributed by atoms with Gasteiger partial charge in [-0.3, -0.25) is 0 Å². The van der Waals surface area contributed by atoms with Gasteiger partial charge in [-0.05, 0) is 19.9 Å². The Balaban J connectivity index is 2.75. The van der Waals surface area contributed by atoms with Crippen LogP contribution in [-0.4, -0.2) is 30.9 Å². The minimum absolute atomic E-state index is 0.0349. The van der Waals surface area contributed by atoms with Crippen molar-refractivity contribution in [3.63, 3.8) is 0 Å². The van der Waals surface area contributed by atoms with E-state index in [1.54, 1.807) is 6.92 Å². The van der Waals surface area contributed by atoms with Gasteiger partial charge in [0.1, 0.15) is 0 Å². The van der Waals surface area contributed by atoms with E-state index >= 15 is 0 Å². The average Bonchev–Trinajstić information content (AvgIpc) is 1.80. The average molecular weight is 132 g/mol. The van der Waals surface area contributed by atoms with Crippen molar-refractivity contribution >= 4 is 0 Å². The smallest absolute Gasteiger partial charge is 0.0834 e. The molecule has 0 aliphatic carbocycles. The molecule has 0 aromatic rings. The quantitative estimate of drug-likeness (QED) is 0.508. The van der Waals surface area contributed by atoms with Crippen LogP contribution in [0.1, 0.15) is 13.3 Å². The highest BCUT2D eigenvalue weighted by Crippen LogP contribution is 1.76. The van der Waals surface area contributed by atoms with E-state index in [1.807, 2.05) is 0 Å². The lowest BCUT2D eigenvalue weighted by atomic mass is 10.4. The summed E-state index contributed by atoms with van der Waals surface area (Å²) in [6.45, 7) is 2.98. The van der Waals surface area contributed by atoms with Gasteiger partial charge in [0.05, 0.1) is 12.7 Å². The van der Waals surface area contributed by atoms with E-state index in [2.05, 4.69) is 5.32 Å². The van der Waals surface area contributed by atoms with Crippen LogP contribution in [0.4, 0.5) is 0 Å². The molecule has 0 aromatic heterocycles. The zero-order valence-electron chi connectivity index (χ0n) is 5.76. The van der Waals surface area contributed by atoms with Crippen molar-refractivity contribution in [3.05, 3.63) is 0 Å². The maximum atomic E-state index is 9.87. The Labute approximate surface area is 55.7 Å². The topological polar surface area (TPSA) is 52.2 Å². The van der Waals surface area contributed by atoms with E-state index in [0.717, 1.165) is 0 Å². The summed E-state index contributed by atoms with van der Waals surface area (Å²) >= 11 is 0. The van der Waals surface area contributed by atoms with Crippen LogP contribution in [0, 0.1) is 0 Å². The van der Waals surface area contributed by atoms with Crippen LogP contribution in [0.15, 0.2) is 0 Å². The van der Waals surface area contributed by atoms with Crippen LogP contribution >= 0.6 is 0 Å². The highest BCUT2D eigenvalue weighted by atomic mass is 16.3. The molecule has 3 nitrogen and oxygen atoms in total. The largest absolute Gasteiger partial charge is 0.392 e. The van der Waals surface area contributed by atoms with E-state index in [4.69, 9.17) is 5.11 Å². The minimum atomic E-state index is -0.309. The van der Waals surface area contributed by atoms with Crippen molar-refractivity contribution in [2.75, 3.05) is 19.7 Å². The fourth-order valence-corrected chi connectivity index (χ4v) is 0.508.